The van der Waals surface area contributed by atoms with Crippen LogP contribution in [0, 0.1) is 6.92 Å². The molecular weight excluding hydrogens is 260 g/mol. The van der Waals surface area contributed by atoms with Crippen LogP contribution in [0.1, 0.15) is 56.1 Å². The minimum atomic E-state index is -0.313. The van der Waals surface area contributed by atoms with Gasteiger partial charge in [-0.15, -0.1) is 0 Å². The zero-order chi connectivity index (χ0) is 15.1. The molecule has 3 heteroatoms. The van der Waals surface area contributed by atoms with Gasteiger partial charge >= 0.3 is 0 Å². The molecule has 3 N–H and O–H groups in total. The lowest BCUT2D eigenvalue weighted by Crippen LogP contribution is -2.46. The molecule has 116 valence electrons. The first-order valence-electron chi connectivity index (χ1n) is 8.25. The summed E-state index contributed by atoms with van der Waals surface area (Å²) < 4.78 is 0. The molecule has 0 radical (unpaired) electrons. The molecule has 0 spiro atoms. The van der Waals surface area contributed by atoms with Crippen LogP contribution in [-0.4, -0.2) is 19.0 Å². The topological polar surface area (TPSA) is 55.1 Å². The molecule has 0 saturated heterocycles. The van der Waals surface area contributed by atoms with Crippen LogP contribution >= 0.6 is 0 Å². The minimum absolute atomic E-state index is 0.216. The van der Waals surface area contributed by atoms with E-state index in [9.17, 15) is 4.79 Å². The Balaban J connectivity index is 2.17. The lowest BCUT2D eigenvalue weighted by Gasteiger charge is -2.37. The van der Waals surface area contributed by atoms with E-state index in [2.05, 4.69) is 36.5 Å². The van der Waals surface area contributed by atoms with E-state index in [4.69, 9.17) is 5.73 Å². The third kappa shape index (κ3) is 3.65. The monoisotopic (exact) mass is 288 g/mol. The molecule has 0 bridgehead atoms. The second-order valence-corrected chi connectivity index (χ2v) is 6.21. The smallest absolute Gasteiger partial charge is 0.230 e. The van der Waals surface area contributed by atoms with Crippen molar-refractivity contribution < 1.29 is 4.79 Å². The van der Waals surface area contributed by atoms with E-state index in [1.807, 2.05) is 0 Å². The number of hydrogen-bond donors (Lipinski definition) is 2. The van der Waals surface area contributed by atoms with Gasteiger partial charge in [0.2, 0.25) is 5.91 Å². The van der Waals surface area contributed by atoms with Crippen LogP contribution in [0.3, 0.4) is 0 Å². The molecule has 1 aromatic carbocycles. The normalized spacial score (nSPS) is 17.4. The molecule has 0 heterocycles. The lowest BCUT2D eigenvalue weighted by atomic mass is 9.67. The molecule has 2 rings (SSSR count). The van der Waals surface area contributed by atoms with E-state index in [1.165, 1.54) is 17.5 Å². The summed E-state index contributed by atoms with van der Waals surface area (Å²) in [6, 6.07) is 8.36. The summed E-state index contributed by atoms with van der Waals surface area (Å²) in [5.74, 6) is 0.216. The van der Waals surface area contributed by atoms with Gasteiger partial charge in [-0.05, 0) is 50.3 Å². The number of aryl methyl sites for hydroxylation is 1. The fourth-order valence-corrected chi connectivity index (χ4v) is 3.52. The van der Waals surface area contributed by atoms with Crippen molar-refractivity contribution in [3.05, 3.63) is 35.4 Å². The highest BCUT2D eigenvalue weighted by molar-refractivity contribution is 5.88. The molecule has 1 aliphatic rings. The average Bonchev–Trinajstić information content (AvgIpc) is 2.52. The third-order valence-electron chi connectivity index (χ3n) is 4.72. The molecule has 1 amide bonds. The first-order chi connectivity index (χ1) is 10.2. The highest BCUT2D eigenvalue weighted by Gasteiger charge is 2.41. The van der Waals surface area contributed by atoms with E-state index in [0.29, 0.717) is 6.54 Å². The number of carbonyl (C=O) groups is 1. The van der Waals surface area contributed by atoms with Crippen LogP contribution in [-0.2, 0) is 10.2 Å². The maximum Gasteiger partial charge on any atom is 0.230 e. The van der Waals surface area contributed by atoms with Crippen LogP contribution in [0.4, 0.5) is 0 Å². The summed E-state index contributed by atoms with van der Waals surface area (Å²) in [6.07, 6.45) is 7.41. The van der Waals surface area contributed by atoms with Crippen molar-refractivity contribution in [1.82, 2.24) is 5.32 Å². The summed E-state index contributed by atoms with van der Waals surface area (Å²) >= 11 is 0. The fourth-order valence-electron chi connectivity index (χ4n) is 3.52. The Kier molecular flexibility index (Phi) is 5.80. The predicted octanol–water partition coefficient (Wildman–Crippen LogP) is 3.05. The number of hydrogen-bond acceptors (Lipinski definition) is 2. The number of carbonyl (C=O) groups excluding carboxylic acids is 1. The number of nitrogens with two attached hydrogens (primary N) is 1. The van der Waals surface area contributed by atoms with Gasteiger partial charge in [0.05, 0.1) is 5.41 Å². The van der Waals surface area contributed by atoms with E-state index in [-0.39, 0.29) is 11.3 Å². The number of nitrogens with one attached hydrogen (secondary N) is 1. The van der Waals surface area contributed by atoms with Gasteiger partial charge in [0.1, 0.15) is 0 Å². The van der Waals surface area contributed by atoms with Gasteiger partial charge in [-0.3, -0.25) is 4.79 Å². The summed E-state index contributed by atoms with van der Waals surface area (Å²) in [4.78, 5) is 12.9. The van der Waals surface area contributed by atoms with Gasteiger partial charge in [-0.25, -0.2) is 0 Å². The molecule has 1 saturated carbocycles. The number of amides is 1. The first-order valence-corrected chi connectivity index (χ1v) is 8.25. The molecule has 0 unspecified atom stereocenters. The summed E-state index contributed by atoms with van der Waals surface area (Å²) in [6.45, 7) is 3.55. The summed E-state index contributed by atoms with van der Waals surface area (Å²) in [5.41, 5.74) is 7.66. The second kappa shape index (κ2) is 7.60. The quantitative estimate of drug-likeness (QED) is 0.790. The highest BCUT2D eigenvalue weighted by Crippen LogP contribution is 2.41. The highest BCUT2D eigenvalue weighted by atomic mass is 16.2. The summed E-state index contributed by atoms with van der Waals surface area (Å²) in [5, 5.41) is 3.16. The fraction of sp³-hybridized carbons (Fsp3) is 0.611. The Hall–Kier alpha value is -1.35. The van der Waals surface area contributed by atoms with Gasteiger partial charge < -0.3 is 11.1 Å². The Morgan fingerprint density at radius 2 is 1.90 bits per heavy atom. The van der Waals surface area contributed by atoms with Crippen LogP contribution in [0.25, 0.3) is 0 Å². The second-order valence-electron chi connectivity index (χ2n) is 6.21. The molecule has 21 heavy (non-hydrogen) atoms. The molecular formula is C18H28N2O. The number of unbranched alkanes of at least 4 members (excludes halogenated alkanes) is 1. The average molecular weight is 288 g/mol. The zero-order valence-electron chi connectivity index (χ0n) is 13.2. The van der Waals surface area contributed by atoms with Gasteiger partial charge in [-0.2, -0.15) is 0 Å². The van der Waals surface area contributed by atoms with E-state index in [0.717, 1.165) is 45.1 Å². The first kappa shape index (κ1) is 16.0. The molecule has 0 aromatic heterocycles. The predicted molar refractivity (Wildman–Crippen MR) is 87.2 cm³/mol. The Morgan fingerprint density at radius 3 is 2.57 bits per heavy atom. The summed E-state index contributed by atoms with van der Waals surface area (Å²) in [7, 11) is 0. The standard InChI is InChI=1S/C18H28N2O/c1-15-9-3-4-10-16(15)18(11-5-2-6-12-18)17(21)20-14-8-7-13-19/h3-4,9-10H,2,5-8,11-14,19H2,1H3,(H,20,21). The number of benzene rings is 1. The van der Waals surface area contributed by atoms with Gasteiger partial charge in [0.25, 0.3) is 0 Å². The maximum atomic E-state index is 12.9. The third-order valence-corrected chi connectivity index (χ3v) is 4.72. The lowest BCUT2D eigenvalue weighted by molar-refractivity contribution is -0.128. The van der Waals surface area contributed by atoms with Crippen LogP contribution in [0.2, 0.25) is 0 Å². The van der Waals surface area contributed by atoms with Gasteiger partial charge in [-0.1, -0.05) is 43.5 Å². The van der Waals surface area contributed by atoms with Crippen molar-refractivity contribution in [2.45, 2.75) is 57.3 Å². The molecule has 1 aliphatic carbocycles. The van der Waals surface area contributed by atoms with Crippen LogP contribution < -0.4 is 11.1 Å². The zero-order valence-corrected chi connectivity index (χ0v) is 13.2. The van der Waals surface area contributed by atoms with Crippen molar-refractivity contribution in [2.75, 3.05) is 13.1 Å². The van der Waals surface area contributed by atoms with Gasteiger partial charge in [0.15, 0.2) is 0 Å². The molecule has 0 atom stereocenters. The van der Waals surface area contributed by atoms with Crippen molar-refractivity contribution in [3.63, 3.8) is 0 Å². The SMILES string of the molecule is Cc1ccccc1C1(C(=O)NCCCCN)CCCCC1. The van der Waals surface area contributed by atoms with Gasteiger partial charge in [0, 0.05) is 6.54 Å². The van der Waals surface area contributed by atoms with Crippen molar-refractivity contribution in [2.24, 2.45) is 5.73 Å². The molecule has 3 nitrogen and oxygen atoms in total. The molecule has 1 fully saturated rings. The van der Waals surface area contributed by atoms with Crippen LogP contribution in [0.15, 0.2) is 24.3 Å². The largest absolute Gasteiger partial charge is 0.355 e. The van der Waals surface area contributed by atoms with Crippen LogP contribution in [0.5, 0.6) is 0 Å². The Labute approximate surface area is 128 Å². The van der Waals surface area contributed by atoms with Crippen molar-refractivity contribution >= 4 is 5.91 Å². The van der Waals surface area contributed by atoms with E-state index in [1.54, 1.807) is 0 Å². The molecule has 1 aromatic rings. The van der Waals surface area contributed by atoms with Crippen molar-refractivity contribution in [3.8, 4) is 0 Å². The molecule has 0 aliphatic heterocycles. The Morgan fingerprint density at radius 1 is 1.19 bits per heavy atom. The minimum Gasteiger partial charge on any atom is -0.355 e. The maximum absolute atomic E-state index is 12.9. The van der Waals surface area contributed by atoms with E-state index >= 15 is 0 Å². The van der Waals surface area contributed by atoms with Crippen molar-refractivity contribution in [1.29, 1.82) is 0 Å². The Bertz CT molecular complexity index is 464. The number of rotatable bonds is 6. The van der Waals surface area contributed by atoms with E-state index < -0.39 is 0 Å².